The summed E-state index contributed by atoms with van der Waals surface area (Å²) in [6, 6.07) is 9.55. The SMILES string of the molecule is CCS(=O)(=O)c1ncc(Cl)c(C(=O)Nc2sc3c(c2C(=O)NCc2ccccc2)CCCC3)n1. The molecule has 1 aliphatic rings. The van der Waals surface area contributed by atoms with Crippen LogP contribution < -0.4 is 10.6 Å². The van der Waals surface area contributed by atoms with Gasteiger partial charge in [-0.15, -0.1) is 11.3 Å². The van der Waals surface area contributed by atoms with Gasteiger partial charge in [0.25, 0.3) is 11.8 Å². The van der Waals surface area contributed by atoms with Gasteiger partial charge in [0.15, 0.2) is 5.69 Å². The number of rotatable bonds is 7. The number of fused-ring (bicyclic) bond motifs is 1. The lowest BCUT2D eigenvalue weighted by Crippen LogP contribution is -2.26. The van der Waals surface area contributed by atoms with Crippen LogP contribution in [-0.2, 0) is 29.2 Å². The molecule has 0 aliphatic heterocycles. The molecule has 34 heavy (non-hydrogen) atoms. The van der Waals surface area contributed by atoms with Crippen LogP contribution in [0, 0.1) is 0 Å². The summed E-state index contributed by atoms with van der Waals surface area (Å²) in [6.07, 6.45) is 4.66. The number of sulfone groups is 1. The van der Waals surface area contributed by atoms with Crippen LogP contribution in [-0.4, -0.2) is 36.0 Å². The third-order valence-electron chi connectivity index (χ3n) is 5.52. The van der Waals surface area contributed by atoms with Crippen molar-refractivity contribution in [2.24, 2.45) is 0 Å². The van der Waals surface area contributed by atoms with Gasteiger partial charge < -0.3 is 10.6 Å². The van der Waals surface area contributed by atoms with E-state index in [0.29, 0.717) is 17.1 Å². The predicted molar refractivity (Wildman–Crippen MR) is 131 cm³/mol. The monoisotopic (exact) mass is 518 g/mol. The molecular formula is C23H23ClN4O4S2. The highest BCUT2D eigenvalue weighted by molar-refractivity contribution is 7.91. The third-order valence-corrected chi connectivity index (χ3v) is 8.51. The highest BCUT2D eigenvalue weighted by Gasteiger charge is 2.28. The highest BCUT2D eigenvalue weighted by atomic mass is 35.5. The van der Waals surface area contributed by atoms with Crippen LogP contribution >= 0.6 is 22.9 Å². The predicted octanol–water partition coefficient (Wildman–Crippen LogP) is 4.05. The van der Waals surface area contributed by atoms with Gasteiger partial charge in [-0.05, 0) is 36.8 Å². The average molecular weight is 519 g/mol. The van der Waals surface area contributed by atoms with Gasteiger partial charge in [-0.3, -0.25) is 9.59 Å². The lowest BCUT2D eigenvalue weighted by molar-refractivity contribution is 0.0951. The molecule has 2 N–H and O–H groups in total. The van der Waals surface area contributed by atoms with Gasteiger partial charge in [0.1, 0.15) is 5.00 Å². The molecule has 2 heterocycles. The van der Waals surface area contributed by atoms with Crippen LogP contribution in [0.15, 0.2) is 41.7 Å². The number of benzene rings is 1. The van der Waals surface area contributed by atoms with Gasteiger partial charge in [0.05, 0.1) is 22.5 Å². The Balaban J connectivity index is 1.63. The summed E-state index contributed by atoms with van der Waals surface area (Å²) in [4.78, 5) is 35.0. The van der Waals surface area contributed by atoms with E-state index in [1.165, 1.54) is 18.3 Å². The van der Waals surface area contributed by atoms with E-state index in [-0.39, 0.29) is 22.4 Å². The number of carbonyl (C=O) groups excluding carboxylic acids is 2. The normalized spacial score (nSPS) is 13.2. The topological polar surface area (TPSA) is 118 Å². The van der Waals surface area contributed by atoms with Crippen molar-refractivity contribution < 1.29 is 18.0 Å². The second kappa shape index (κ2) is 10.2. The van der Waals surface area contributed by atoms with Gasteiger partial charge in [0, 0.05) is 11.4 Å². The molecule has 0 spiro atoms. The van der Waals surface area contributed by atoms with E-state index in [1.54, 1.807) is 0 Å². The second-order valence-corrected chi connectivity index (χ2v) is 11.5. The number of aryl methyl sites for hydroxylation is 1. The van der Waals surface area contributed by atoms with Crippen LogP contribution in [0.25, 0.3) is 0 Å². The number of carbonyl (C=O) groups is 2. The Kier molecular flexibility index (Phi) is 7.30. The van der Waals surface area contributed by atoms with Crippen molar-refractivity contribution in [3.63, 3.8) is 0 Å². The molecule has 4 rings (SSSR count). The average Bonchev–Trinajstić information content (AvgIpc) is 3.21. The summed E-state index contributed by atoms with van der Waals surface area (Å²) in [5.74, 6) is -1.18. The molecule has 0 saturated carbocycles. The Hall–Kier alpha value is -2.82. The largest absolute Gasteiger partial charge is 0.348 e. The van der Waals surface area contributed by atoms with E-state index >= 15 is 0 Å². The number of nitrogens with one attached hydrogen (secondary N) is 2. The summed E-state index contributed by atoms with van der Waals surface area (Å²) >= 11 is 7.47. The maximum absolute atomic E-state index is 13.2. The van der Waals surface area contributed by atoms with Gasteiger partial charge in [-0.25, -0.2) is 18.4 Å². The number of anilines is 1. The minimum absolute atomic E-state index is 0.0797. The molecule has 3 aromatic rings. The molecule has 0 fully saturated rings. The molecule has 8 nitrogen and oxygen atoms in total. The number of aromatic nitrogens is 2. The first-order valence-electron chi connectivity index (χ1n) is 10.8. The first-order valence-corrected chi connectivity index (χ1v) is 13.7. The van der Waals surface area contributed by atoms with E-state index < -0.39 is 20.9 Å². The fourth-order valence-corrected chi connectivity index (χ4v) is 5.87. The van der Waals surface area contributed by atoms with Crippen molar-refractivity contribution in [3.8, 4) is 0 Å². The molecule has 178 valence electrons. The molecule has 2 amide bonds. The number of nitrogens with zero attached hydrogens (tertiary/aromatic N) is 2. The summed E-state index contributed by atoms with van der Waals surface area (Å²) in [5.41, 5.74) is 2.09. The van der Waals surface area contributed by atoms with Crippen molar-refractivity contribution in [2.45, 2.75) is 44.3 Å². The Morgan fingerprint density at radius 1 is 1.12 bits per heavy atom. The van der Waals surface area contributed by atoms with Gasteiger partial charge >= 0.3 is 0 Å². The zero-order valence-electron chi connectivity index (χ0n) is 18.4. The summed E-state index contributed by atoms with van der Waals surface area (Å²) in [5, 5.41) is 5.55. The highest BCUT2D eigenvalue weighted by Crippen LogP contribution is 2.38. The van der Waals surface area contributed by atoms with Crippen molar-refractivity contribution in [2.75, 3.05) is 11.1 Å². The van der Waals surface area contributed by atoms with Crippen LogP contribution in [0.1, 0.15) is 56.6 Å². The lowest BCUT2D eigenvalue weighted by atomic mass is 9.95. The van der Waals surface area contributed by atoms with Gasteiger partial charge in [0.2, 0.25) is 15.0 Å². The summed E-state index contributed by atoms with van der Waals surface area (Å²) in [7, 11) is -3.72. The zero-order chi connectivity index (χ0) is 24.3. The Morgan fingerprint density at radius 2 is 1.85 bits per heavy atom. The second-order valence-electron chi connectivity index (χ2n) is 7.79. The number of halogens is 1. The van der Waals surface area contributed by atoms with Gasteiger partial charge in [-0.2, -0.15) is 0 Å². The smallest absolute Gasteiger partial charge is 0.276 e. The van der Waals surface area contributed by atoms with E-state index in [1.807, 2.05) is 30.3 Å². The summed E-state index contributed by atoms with van der Waals surface area (Å²) < 4.78 is 24.3. The van der Waals surface area contributed by atoms with E-state index in [4.69, 9.17) is 11.6 Å². The number of thiophene rings is 1. The maximum Gasteiger partial charge on any atom is 0.276 e. The third kappa shape index (κ3) is 5.13. The summed E-state index contributed by atoms with van der Waals surface area (Å²) in [6.45, 7) is 1.82. The Morgan fingerprint density at radius 3 is 2.59 bits per heavy atom. The Labute approximate surface area is 206 Å². The fraction of sp³-hybridized carbons (Fsp3) is 0.304. The fourth-order valence-electron chi connectivity index (χ4n) is 3.71. The van der Waals surface area contributed by atoms with E-state index in [9.17, 15) is 18.0 Å². The zero-order valence-corrected chi connectivity index (χ0v) is 20.8. The molecule has 0 saturated heterocycles. The Bertz CT molecular complexity index is 1340. The molecule has 11 heteroatoms. The van der Waals surface area contributed by atoms with Crippen LogP contribution in [0.2, 0.25) is 5.02 Å². The van der Waals surface area contributed by atoms with Crippen molar-refractivity contribution in [1.29, 1.82) is 0 Å². The molecule has 1 aromatic carbocycles. The van der Waals surface area contributed by atoms with Crippen LogP contribution in [0.3, 0.4) is 0 Å². The van der Waals surface area contributed by atoms with Crippen molar-refractivity contribution in [3.05, 3.63) is 68.8 Å². The van der Waals surface area contributed by atoms with E-state index in [2.05, 4.69) is 20.6 Å². The van der Waals surface area contributed by atoms with E-state index in [0.717, 1.165) is 47.9 Å². The minimum Gasteiger partial charge on any atom is -0.348 e. The van der Waals surface area contributed by atoms with Crippen LogP contribution in [0.5, 0.6) is 0 Å². The maximum atomic E-state index is 13.2. The quantitative estimate of drug-likeness (QED) is 0.455. The molecule has 0 atom stereocenters. The first-order chi connectivity index (χ1) is 16.3. The number of amides is 2. The molecular weight excluding hydrogens is 496 g/mol. The number of hydrogen-bond acceptors (Lipinski definition) is 7. The van der Waals surface area contributed by atoms with Gasteiger partial charge in [-0.1, -0.05) is 48.9 Å². The minimum atomic E-state index is -3.72. The lowest BCUT2D eigenvalue weighted by Gasteiger charge is -2.13. The molecule has 2 aromatic heterocycles. The standard InChI is InChI=1S/C23H23ClN4O4S2/c1-2-34(31,32)23-26-13-16(24)19(27-23)21(30)28-22-18(15-10-6-7-11-17(15)33-22)20(29)25-12-14-8-4-3-5-9-14/h3-5,8-9,13H,2,6-7,10-12H2,1H3,(H,25,29)(H,28,30). The molecule has 0 unspecified atom stereocenters. The van der Waals surface area contributed by atoms with Crippen molar-refractivity contribution >= 4 is 49.6 Å². The number of hydrogen-bond donors (Lipinski definition) is 2. The molecule has 0 radical (unpaired) electrons. The molecule has 1 aliphatic carbocycles. The van der Waals surface area contributed by atoms with Crippen LogP contribution in [0.4, 0.5) is 5.00 Å². The molecule has 0 bridgehead atoms. The van der Waals surface area contributed by atoms with Crippen molar-refractivity contribution in [1.82, 2.24) is 15.3 Å². The first kappa shape index (κ1) is 24.3.